The summed E-state index contributed by atoms with van der Waals surface area (Å²) in [5.74, 6) is -0.0817. The predicted octanol–water partition coefficient (Wildman–Crippen LogP) is 2.55. The molecule has 0 bridgehead atoms. The van der Waals surface area contributed by atoms with Gasteiger partial charge >= 0.3 is 0 Å². The Morgan fingerprint density at radius 2 is 2.18 bits per heavy atom. The standard InChI is InChI=1S/C11H9Cl2N3O/c1-16-10(6-14-15-16)11(17)4-7-2-3-8(12)5-9(7)13/h2-3,5-6H,4H2,1H3. The van der Waals surface area contributed by atoms with Crippen molar-refractivity contribution in [1.82, 2.24) is 15.0 Å². The lowest BCUT2D eigenvalue weighted by molar-refractivity contribution is 0.0984. The predicted molar refractivity (Wildman–Crippen MR) is 65.5 cm³/mol. The van der Waals surface area contributed by atoms with Crippen LogP contribution in [0.15, 0.2) is 24.4 Å². The van der Waals surface area contributed by atoms with Crippen molar-refractivity contribution in [2.24, 2.45) is 7.05 Å². The van der Waals surface area contributed by atoms with Crippen LogP contribution in [0.2, 0.25) is 10.0 Å². The molecule has 1 aromatic carbocycles. The van der Waals surface area contributed by atoms with Gasteiger partial charge in [-0.15, -0.1) is 5.10 Å². The van der Waals surface area contributed by atoms with E-state index in [1.165, 1.54) is 10.9 Å². The van der Waals surface area contributed by atoms with E-state index in [9.17, 15) is 4.79 Å². The average molecular weight is 270 g/mol. The van der Waals surface area contributed by atoms with Crippen molar-refractivity contribution in [2.75, 3.05) is 0 Å². The van der Waals surface area contributed by atoms with Gasteiger partial charge in [0, 0.05) is 23.5 Å². The second-order valence-corrected chi connectivity index (χ2v) is 4.42. The SMILES string of the molecule is Cn1nncc1C(=O)Cc1ccc(Cl)cc1Cl. The minimum Gasteiger partial charge on any atom is -0.292 e. The fourth-order valence-electron chi connectivity index (χ4n) is 1.47. The molecule has 6 heteroatoms. The third-order valence-electron chi connectivity index (χ3n) is 2.37. The van der Waals surface area contributed by atoms with Crippen LogP contribution in [0.3, 0.4) is 0 Å². The monoisotopic (exact) mass is 269 g/mol. The van der Waals surface area contributed by atoms with Gasteiger partial charge in [-0.3, -0.25) is 4.79 Å². The van der Waals surface area contributed by atoms with Crippen LogP contribution in [0, 0.1) is 0 Å². The highest BCUT2D eigenvalue weighted by atomic mass is 35.5. The number of nitrogens with zero attached hydrogens (tertiary/aromatic N) is 3. The Kier molecular flexibility index (Phi) is 3.45. The molecular formula is C11H9Cl2N3O. The van der Waals surface area contributed by atoms with Crippen LogP contribution in [0.1, 0.15) is 16.1 Å². The summed E-state index contributed by atoms with van der Waals surface area (Å²) in [5, 5.41) is 8.40. The molecule has 0 aliphatic heterocycles. The first-order valence-corrected chi connectivity index (χ1v) is 5.65. The van der Waals surface area contributed by atoms with Crippen LogP contribution < -0.4 is 0 Å². The van der Waals surface area contributed by atoms with Crippen molar-refractivity contribution in [2.45, 2.75) is 6.42 Å². The first-order chi connectivity index (χ1) is 8.08. The van der Waals surface area contributed by atoms with Crippen molar-refractivity contribution < 1.29 is 4.79 Å². The molecular weight excluding hydrogens is 261 g/mol. The van der Waals surface area contributed by atoms with E-state index in [0.717, 1.165) is 5.56 Å². The van der Waals surface area contributed by atoms with E-state index in [2.05, 4.69) is 10.3 Å². The van der Waals surface area contributed by atoms with E-state index >= 15 is 0 Å². The lowest BCUT2D eigenvalue weighted by Gasteiger charge is -2.04. The summed E-state index contributed by atoms with van der Waals surface area (Å²) in [4.78, 5) is 11.9. The van der Waals surface area contributed by atoms with Gasteiger partial charge in [0.1, 0.15) is 5.69 Å². The number of halogens is 2. The lowest BCUT2D eigenvalue weighted by atomic mass is 10.1. The van der Waals surface area contributed by atoms with E-state index in [4.69, 9.17) is 23.2 Å². The molecule has 2 aromatic rings. The molecule has 4 nitrogen and oxygen atoms in total. The van der Waals surface area contributed by atoms with E-state index in [-0.39, 0.29) is 12.2 Å². The van der Waals surface area contributed by atoms with Gasteiger partial charge in [0.05, 0.1) is 6.20 Å². The molecule has 0 N–H and O–H groups in total. The molecule has 0 amide bonds. The molecule has 0 radical (unpaired) electrons. The average Bonchev–Trinajstić information content (AvgIpc) is 2.68. The van der Waals surface area contributed by atoms with Crippen molar-refractivity contribution in [3.63, 3.8) is 0 Å². The number of ketones is 1. The van der Waals surface area contributed by atoms with Crippen molar-refractivity contribution in [1.29, 1.82) is 0 Å². The van der Waals surface area contributed by atoms with Crippen LogP contribution in [0.25, 0.3) is 0 Å². The maximum absolute atomic E-state index is 11.9. The van der Waals surface area contributed by atoms with E-state index in [0.29, 0.717) is 15.7 Å². The van der Waals surface area contributed by atoms with Crippen molar-refractivity contribution >= 4 is 29.0 Å². The normalized spacial score (nSPS) is 10.5. The van der Waals surface area contributed by atoms with Gasteiger partial charge in [-0.2, -0.15) is 0 Å². The van der Waals surface area contributed by atoms with Crippen molar-refractivity contribution in [3.8, 4) is 0 Å². The Labute approximate surface area is 108 Å². The minimum absolute atomic E-state index is 0.0817. The Morgan fingerprint density at radius 1 is 1.41 bits per heavy atom. The van der Waals surface area contributed by atoms with Crippen LogP contribution >= 0.6 is 23.2 Å². The molecule has 0 aliphatic carbocycles. The summed E-state index contributed by atoms with van der Waals surface area (Å²) in [6.45, 7) is 0. The second kappa shape index (κ2) is 4.85. The molecule has 0 saturated heterocycles. The van der Waals surface area contributed by atoms with Gasteiger partial charge < -0.3 is 0 Å². The number of rotatable bonds is 3. The molecule has 0 unspecified atom stereocenters. The summed E-state index contributed by atoms with van der Waals surface area (Å²) in [6, 6.07) is 5.07. The Bertz CT molecular complexity index is 566. The molecule has 2 rings (SSSR count). The van der Waals surface area contributed by atoms with Gasteiger partial charge in [0.2, 0.25) is 0 Å². The summed E-state index contributed by atoms with van der Waals surface area (Å²) >= 11 is 11.8. The number of hydrogen-bond donors (Lipinski definition) is 0. The van der Waals surface area contributed by atoms with Crippen molar-refractivity contribution in [3.05, 3.63) is 45.7 Å². The molecule has 0 fully saturated rings. The molecule has 0 saturated carbocycles. The number of aryl methyl sites for hydroxylation is 1. The molecule has 1 heterocycles. The number of benzene rings is 1. The van der Waals surface area contributed by atoms with Gasteiger partial charge in [-0.25, -0.2) is 4.68 Å². The zero-order valence-corrected chi connectivity index (χ0v) is 10.5. The fraction of sp³-hybridized carbons (Fsp3) is 0.182. The smallest absolute Gasteiger partial charge is 0.186 e. The van der Waals surface area contributed by atoms with E-state index < -0.39 is 0 Å². The van der Waals surface area contributed by atoms with Gasteiger partial charge in [-0.05, 0) is 17.7 Å². The molecule has 0 spiro atoms. The Hall–Kier alpha value is -1.39. The number of hydrogen-bond acceptors (Lipinski definition) is 3. The Balaban J connectivity index is 2.22. The first-order valence-electron chi connectivity index (χ1n) is 4.89. The number of carbonyl (C=O) groups excluding carboxylic acids is 1. The van der Waals surface area contributed by atoms with Crippen LogP contribution in [-0.2, 0) is 13.5 Å². The molecule has 0 aliphatic rings. The summed E-state index contributed by atoms with van der Waals surface area (Å²) < 4.78 is 1.44. The maximum Gasteiger partial charge on any atom is 0.186 e. The highest BCUT2D eigenvalue weighted by Crippen LogP contribution is 2.22. The van der Waals surface area contributed by atoms with Gasteiger partial charge in [0.25, 0.3) is 0 Å². The molecule has 1 aromatic heterocycles. The van der Waals surface area contributed by atoms with E-state index in [1.807, 2.05) is 0 Å². The first kappa shape index (κ1) is 12.1. The van der Waals surface area contributed by atoms with Crippen LogP contribution in [0.4, 0.5) is 0 Å². The Morgan fingerprint density at radius 3 is 2.76 bits per heavy atom. The third kappa shape index (κ3) is 2.65. The topological polar surface area (TPSA) is 47.8 Å². The largest absolute Gasteiger partial charge is 0.292 e. The van der Waals surface area contributed by atoms with Crippen LogP contribution in [0.5, 0.6) is 0 Å². The summed E-state index contributed by atoms with van der Waals surface area (Å²) in [7, 11) is 1.67. The molecule has 0 atom stereocenters. The summed E-state index contributed by atoms with van der Waals surface area (Å²) in [6.07, 6.45) is 1.64. The molecule has 17 heavy (non-hydrogen) atoms. The zero-order chi connectivity index (χ0) is 12.4. The molecule has 88 valence electrons. The third-order valence-corrected chi connectivity index (χ3v) is 2.95. The quantitative estimate of drug-likeness (QED) is 0.805. The minimum atomic E-state index is -0.0817. The maximum atomic E-state index is 11.9. The zero-order valence-electron chi connectivity index (χ0n) is 9.02. The fourth-order valence-corrected chi connectivity index (χ4v) is 1.95. The number of aromatic nitrogens is 3. The second-order valence-electron chi connectivity index (χ2n) is 3.58. The van der Waals surface area contributed by atoms with Gasteiger partial charge in [-0.1, -0.05) is 34.5 Å². The number of carbonyl (C=O) groups is 1. The highest BCUT2D eigenvalue weighted by Gasteiger charge is 2.13. The van der Waals surface area contributed by atoms with E-state index in [1.54, 1.807) is 25.2 Å². The summed E-state index contributed by atoms with van der Waals surface area (Å²) in [5.41, 5.74) is 1.19. The number of Topliss-reactive ketones (excluding diaryl/α,β-unsaturated/α-hetero) is 1. The van der Waals surface area contributed by atoms with Gasteiger partial charge in [0.15, 0.2) is 5.78 Å². The lowest BCUT2D eigenvalue weighted by Crippen LogP contribution is -2.09. The van der Waals surface area contributed by atoms with Crippen LogP contribution in [-0.4, -0.2) is 20.8 Å². The highest BCUT2D eigenvalue weighted by molar-refractivity contribution is 6.35.